The Bertz CT molecular complexity index is 779. The lowest BCUT2D eigenvalue weighted by Gasteiger charge is -2.24. The van der Waals surface area contributed by atoms with E-state index >= 15 is 0 Å². The summed E-state index contributed by atoms with van der Waals surface area (Å²) >= 11 is 1.58. The fourth-order valence-corrected chi connectivity index (χ4v) is 3.01. The third-order valence-corrected chi connectivity index (χ3v) is 5.01. The van der Waals surface area contributed by atoms with Crippen LogP contribution in [-0.4, -0.2) is 42.6 Å². The van der Waals surface area contributed by atoms with Crippen LogP contribution in [0, 0.1) is 6.92 Å². The van der Waals surface area contributed by atoms with Crippen molar-refractivity contribution >= 4 is 35.0 Å². The molecule has 2 amide bonds. The van der Waals surface area contributed by atoms with Crippen molar-refractivity contribution in [3.63, 3.8) is 0 Å². The summed E-state index contributed by atoms with van der Waals surface area (Å²) in [4.78, 5) is 27.5. The van der Waals surface area contributed by atoms with Crippen molar-refractivity contribution in [3.8, 4) is 0 Å². The molecule has 138 valence electrons. The highest BCUT2D eigenvalue weighted by molar-refractivity contribution is 7.98. The maximum absolute atomic E-state index is 12.5. The second-order valence-electron chi connectivity index (χ2n) is 6.14. The Morgan fingerprint density at radius 3 is 2.31 bits per heavy atom. The maximum Gasteiger partial charge on any atom is 0.241 e. The van der Waals surface area contributed by atoms with E-state index < -0.39 is 6.04 Å². The first-order valence-corrected chi connectivity index (χ1v) is 9.64. The first-order valence-electron chi connectivity index (χ1n) is 8.42. The summed E-state index contributed by atoms with van der Waals surface area (Å²) in [7, 11) is 1.77. The largest absolute Gasteiger partial charge is 0.324 e. The Morgan fingerprint density at radius 1 is 1.04 bits per heavy atom. The minimum atomic E-state index is -0.434. The summed E-state index contributed by atoms with van der Waals surface area (Å²) in [6, 6.07) is 14.8. The van der Waals surface area contributed by atoms with Crippen molar-refractivity contribution < 1.29 is 9.59 Å². The van der Waals surface area contributed by atoms with Crippen molar-refractivity contribution in [1.82, 2.24) is 4.90 Å². The molecule has 2 aromatic rings. The van der Waals surface area contributed by atoms with E-state index in [1.165, 1.54) is 0 Å². The van der Waals surface area contributed by atoms with Crippen molar-refractivity contribution in [2.45, 2.75) is 24.8 Å². The molecule has 0 radical (unpaired) electrons. The van der Waals surface area contributed by atoms with Gasteiger partial charge in [-0.05, 0) is 50.9 Å². The number of hydrogen-bond acceptors (Lipinski definition) is 4. The molecule has 0 aliphatic heterocycles. The number of nitrogens with zero attached hydrogens (tertiary/aromatic N) is 1. The van der Waals surface area contributed by atoms with E-state index in [-0.39, 0.29) is 18.4 Å². The van der Waals surface area contributed by atoms with Gasteiger partial charge < -0.3 is 10.6 Å². The van der Waals surface area contributed by atoms with Crippen LogP contribution in [-0.2, 0) is 9.59 Å². The van der Waals surface area contributed by atoms with Crippen LogP contribution in [0.4, 0.5) is 11.4 Å². The third kappa shape index (κ3) is 5.34. The monoisotopic (exact) mass is 371 g/mol. The molecule has 6 heteroatoms. The van der Waals surface area contributed by atoms with Gasteiger partial charge in [-0.1, -0.05) is 30.3 Å². The van der Waals surface area contributed by atoms with E-state index in [1.807, 2.05) is 61.7 Å². The minimum absolute atomic E-state index is 0.130. The zero-order chi connectivity index (χ0) is 19.1. The zero-order valence-corrected chi connectivity index (χ0v) is 16.4. The Morgan fingerprint density at radius 2 is 1.65 bits per heavy atom. The number of hydrogen-bond donors (Lipinski definition) is 2. The van der Waals surface area contributed by atoms with Crippen LogP contribution in [0.3, 0.4) is 0 Å². The van der Waals surface area contributed by atoms with Gasteiger partial charge in [-0.2, -0.15) is 0 Å². The molecule has 1 unspecified atom stereocenters. The van der Waals surface area contributed by atoms with Gasteiger partial charge in [-0.15, -0.1) is 11.8 Å². The molecule has 0 spiro atoms. The SMILES string of the molecule is CSc1ccccc1NC(=O)CN(C)C(C)C(=O)Nc1ccccc1C. The maximum atomic E-state index is 12.5. The lowest BCUT2D eigenvalue weighted by molar-refractivity contribution is -0.122. The molecular weight excluding hydrogens is 346 g/mol. The van der Waals surface area contributed by atoms with E-state index in [0.717, 1.165) is 21.8 Å². The van der Waals surface area contributed by atoms with Gasteiger partial charge in [0.15, 0.2) is 0 Å². The third-order valence-electron chi connectivity index (χ3n) is 4.22. The molecule has 0 saturated heterocycles. The molecule has 26 heavy (non-hydrogen) atoms. The van der Waals surface area contributed by atoms with Crippen LogP contribution in [0.1, 0.15) is 12.5 Å². The van der Waals surface area contributed by atoms with Crippen LogP contribution < -0.4 is 10.6 Å². The van der Waals surface area contributed by atoms with Gasteiger partial charge in [0.05, 0.1) is 18.3 Å². The number of likely N-dealkylation sites (N-methyl/N-ethyl adjacent to an activating group) is 1. The lowest BCUT2D eigenvalue weighted by atomic mass is 10.2. The smallest absolute Gasteiger partial charge is 0.241 e. The van der Waals surface area contributed by atoms with E-state index in [1.54, 1.807) is 30.6 Å². The predicted octanol–water partition coefficient (Wildman–Crippen LogP) is 3.61. The highest BCUT2D eigenvalue weighted by Gasteiger charge is 2.21. The summed E-state index contributed by atoms with van der Waals surface area (Å²) in [5.74, 6) is -0.288. The number of carbonyl (C=O) groups excluding carboxylic acids is 2. The van der Waals surface area contributed by atoms with Gasteiger partial charge in [0.1, 0.15) is 0 Å². The summed E-state index contributed by atoms with van der Waals surface area (Å²) in [6.45, 7) is 3.86. The molecule has 2 rings (SSSR count). The van der Waals surface area contributed by atoms with Gasteiger partial charge in [0, 0.05) is 10.6 Å². The van der Waals surface area contributed by atoms with Crippen LogP contribution >= 0.6 is 11.8 Å². The molecule has 0 aliphatic carbocycles. The standard InChI is InChI=1S/C20H25N3O2S/c1-14-9-5-6-10-16(14)22-20(25)15(2)23(3)13-19(24)21-17-11-7-8-12-18(17)26-4/h5-12,15H,13H2,1-4H3,(H,21,24)(H,22,25). The lowest BCUT2D eigenvalue weighted by Crippen LogP contribution is -2.43. The summed E-state index contributed by atoms with van der Waals surface area (Å²) in [5.41, 5.74) is 2.58. The fraction of sp³-hybridized carbons (Fsp3) is 0.300. The molecule has 2 N–H and O–H groups in total. The number of carbonyl (C=O) groups is 2. The van der Waals surface area contributed by atoms with E-state index in [4.69, 9.17) is 0 Å². The Kier molecular flexibility index (Phi) is 7.24. The van der Waals surface area contributed by atoms with E-state index in [0.29, 0.717) is 0 Å². The van der Waals surface area contributed by atoms with Crippen LogP contribution in [0.2, 0.25) is 0 Å². The molecule has 0 aliphatic rings. The van der Waals surface area contributed by atoms with Crippen LogP contribution in [0.15, 0.2) is 53.4 Å². The molecule has 0 saturated carbocycles. The number of nitrogens with one attached hydrogen (secondary N) is 2. The molecule has 0 aromatic heterocycles. The number of benzene rings is 2. The van der Waals surface area contributed by atoms with Gasteiger partial charge in [0.2, 0.25) is 11.8 Å². The second-order valence-corrected chi connectivity index (χ2v) is 6.99. The fourth-order valence-electron chi connectivity index (χ4n) is 2.45. The van der Waals surface area contributed by atoms with E-state index in [9.17, 15) is 9.59 Å². The molecule has 2 aromatic carbocycles. The number of para-hydroxylation sites is 2. The number of rotatable bonds is 7. The Balaban J connectivity index is 1.93. The molecule has 0 bridgehead atoms. The van der Waals surface area contributed by atoms with Crippen LogP contribution in [0.25, 0.3) is 0 Å². The molecular formula is C20H25N3O2S. The average Bonchev–Trinajstić information content (AvgIpc) is 2.63. The number of anilines is 2. The predicted molar refractivity (Wildman–Crippen MR) is 109 cm³/mol. The minimum Gasteiger partial charge on any atom is -0.324 e. The van der Waals surface area contributed by atoms with Gasteiger partial charge in [-0.3, -0.25) is 14.5 Å². The summed E-state index contributed by atoms with van der Waals surface area (Å²) in [5, 5.41) is 5.83. The highest BCUT2D eigenvalue weighted by atomic mass is 32.2. The van der Waals surface area contributed by atoms with Gasteiger partial charge in [0.25, 0.3) is 0 Å². The Labute approximate surface area is 159 Å². The number of thioether (sulfide) groups is 1. The molecule has 1 atom stereocenters. The van der Waals surface area contributed by atoms with E-state index in [2.05, 4.69) is 10.6 Å². The van der Waals surface area contributed by atoms with Crippen LogP contribution in [0.5, 0.6) is 0 Å². The molecule has 5 nitrogen and oxygen atoms in total. The van der Waals surface area contributed by atoms with Crippen molar-refractivity contribution in [3.05, 3.63) is 54.1 Å². The van der Waals surface area contributed by atoms with Crippen molar-refractivity contribution in [2.24, 2.45) is 0 Å². The summed E-state index contributed by atoms with van der Waals surface area (Å²) < 4.78 is 0. The molecule has 0 heterocycles. The molecule has 0 fully saturated rings. The van der Waals surface area contributed by atoms with Crippen molar-refractivity contribution in [1.29, 1.82) is 0 Å². The highest BCUT2D eigenvalue weighted by Crippen LogP contribution is 2.24. The number of amides is 2. The first-order chi connectivity index (χ1) is 12.4. The Hall–Kier alpha value is -2.31. The summed E-state index contributed by atoms with van der Waals surface area (Å²) in [6.07, 6.45) is 1.97. The van der Waals surface area contributed by atoms with Crippen molar-refractivity contribution in [2.75, 3.05) is 30.5 Å². The first kappa shape index (κ1) is 20.0. The zero-order valence-electron chi connectivity index (χ0n) is 15.6. The number of aryl methyl sites for hydroxylation is 1. The average molecular weight is 372 g/mol. The normalized spacial score (nSPS) is 11.9. The topological polar surface area (TPSA) is 61.4 Å². The second kappa shape index (κ2) is 9.40. The van der Waals surface area contributed by atoms with Gasteiger partial charge in [-0.25, -0.2) is 0 Å². The van der Waals surface area contributed by atoms with Gasteiger partial charge >= 0.3 is 0 Å². The quantitative estimate of drug-likeness (QED) is 0.730.